The molecule has 0 aliphatic carbocycles. The third kappa shape index (κ3) is 2.94. The van der Waals surface area contributed by atoms with E-state index in [2.05, 4.69) is 15.3 Å². The average Bonchev–Trinajstić information content (AvgIpc) is 2.28. The second-order valence-corrected chi connectivity index (χ2v) is 4.29. The molecule has 1 fully saturated rings. The number of hydrogen-bond donors (Lipinski definition) is 1. The van der Waals surface area contributed by atoms with Crippen LogP contribution < -0.4 is 5.32 Å². The predicted molar refractivity (Wildman–Crippen MR) is 56.6 cm³/mol. The number of piperidine rings is 1. The van der Waals surface area contributed by atoms with Crippen molar-refractivity contribution in [1.82, 2.24) is 15.3 Å². The molecule has 1 aromatic rings. The van der Waals surface area contributed by atoms with E-state index in [9.17, 15) is 13.2 Å². The van der Waals surface area contributed by atoms with Crippen LogP contribution in [0.4, 0.5) is 13.2 Å². The molecule has 1 aliphatic rings. The Bertz CT molecular complexity index is 397. The van der Waals surface area contributed by atoms with Crippen LogP contribution in [0.2, 0.25) is 0 Å². The highest BCUT2D eigenvalue weighted by molar-refractivity contribution is 5.15. The second kappa shape index (κ2) is 4.60. The fourth-order valence-corrected chi connectivity index (χ4v) is 1.99. The lowest BCUT2D eigenvalue weighted by molar-refractivity contribution is -0.141. The van der Waals surface area contributed by atoms with E-state index >= 15 is 0 Å². The molecule has 1 N–H and O–H groups in total. The summed E-state index contributed by atoms with van der Waals surface area (Å²) in [7, 11) is 0. The molecule has 1 aliphatic heterocycles. The average molecular weight is 245 g/mol. The van der Waals surface area contributed by atoms with E-state index in [0.717, 1.165) is 25.5 Å². The molecule has 0 amide bonds. The van der Waals surface area contributed by atoms with Crippen molar-refractivity contribution in [3.63, 3.8) is 0 Å². The van der Waals surface area contributed by atoms with E-state index in [1.165, 1.54) is 0 Å². The standard InChI is InChI=1S/C11H14F3N3/c1-7-5-9(11(12,13)14)17-10(16-7)8-3-2-4-15-6-8/h5,8,15H,2-4,6H2,1H3/t8-/m1/s1. The van der Waals surface area contributed by atoms with Gasteiger partial charge in [-0.05, 0) is 32.4 Å². The number of nitrogens with one attached hydrogen (secondary N) is 1. The van der Waals surface area contributed by atoms with E-state index in [-0.39, 0.29) is 5.92 Å². The summed E-state index contributed by atoms with van der Waals surface area (Å²) in [4.78, 5) is 7.77. The molecule has 0 radical (unpaired) electrons. The monoisotopic (exact) mass is 245 g/mol. The summed E-state index contributed by atoms with van der Waals surface area (Å²) in [6.07, 6.45) is -2.61. The van der Waals surface area contributed by atoms with Gasteiger partial charge in [0, 0.05) is 18.2 Å². The summed E-state index contributed by atoms with van der Waals surface area (Å²) in [6, 6.07) is 0.986. The molecule has 1 saturated heterocycles. The Hall–Kier alpha value is -1.17. The van der Waals surface area contributed by atoms with Crippen molar-refractivity contribution >= 4 is 0 Å². The van der Waals surface area contributed by atoms with Gasteiger partial charge in [-0.3, -0.25) is 0 Å². The summed E-state index contributed by atoms with van der Waals surface area (Å²) in [5.41, 5.74) is -0.474. The SMILES string of the molecule is Cc1cc(C(F)(F)F)nc([C@@H]2CCCNC2)n1. The van der Waals surface area contributed by atoms with Gasteiger partial charge in [-0.2, -0.15) is 13.2 Å². The lowest BCUT2D eigenvalue weighted by Crippen LogP contribution is -2.30. The predicted octanol–water partition coefficient (Wildman–Crippen LogP) is 2.27. The molecular formula is C11H14F3N3. The van der Waals surface area contributed by atoms with Crippen molar-refractivity contribution in [1.29, 1.82) is 0 Å². The number of alkyl halides is 3. The van der Waals surface area contributed by atoms with Gasteiger partial charge >= 0.3 is 6.18 Å². The quantitative estimate of drug-likeness (QED) is 0.824. The first-order valence-corrected chi connectivity index (χ1v) is 5.60. The smallest absolute Gasteiger partial charge is 0.316 e. The van der Waals surface area contributed by atoms with Crippen molar-refractivity contribution in [3.05, 3.63) is 23.3 Å². The molecule has 3 nitrogen and oxygen atoms in total. The Morgan fingerprint density at radius 1 is 1.35 bits per heavy atom. The molecule has 6 heteroatoms. The fraction of sp³-hybridized carbons (Fsp3) is 0.636. The topological polar surface area (TPSA) is 37.8 Å². The normalized spacial score (nSPS) is 21.5. The van der Waals surface area contributed by atoms with E-state index in [4.69, 9.17) is 0 Å². The molecule has 2 heterocycles. The van der Waals surface area contributed by atoms with E-state index in [1.807, 2.05) is 0 Å². The number of aromatic nitrogens is 2. The maximum absolute atomic E-state index is 12.6. The van der Waals surface area contributed by atoms with E-state index in [1.54, 1.807) is 6.92 Å². The van der Waals surface area contributed by atoms with Crippen LogP contribution in [0.5, 0.6) is 0 Å². The van der Waals surface area contributed by atoms with Crippen LogP contribution in [0.25, 0.3) is 0 Å². The van der Waals surface area contributed by atoms with Crippen molar-refractivity contribution in [2.75, 3.05) is 13.1 Å². The molecule has 0 spiro atoms. The minimum absolute atomic E-state index is 0.00949. The van der Waals surface area contributed by atoms with Crippen LogP contribution >= 0.6 is 0 Å². The van der Waals surface area contributed by atoms with Crippen molar-refractivity contribution in [3.8, 4) is 0 Å². The van der Waals surface area contributed by atoms with Gasteiger partial charge in [-0.1, -0.05) is 0 Å². The summed E-state index contributed by atoms with van der Waals surface area (Å²) in [6.45, 7) is 3.13. The molecule has 1 aromatic heterocycles. The number of hydrogen-bond acceptors (Lipinski definition) is 3. The third-order valence-corrected chi connectivity index (χ3v) is 2.82. The van der Waals surface area contributed by atoms with Crippen molar-refractivity contribution in [2.45, 2.75) is 31.9 Å². The maximum atomic E-state index is 12.6. The zero-order valence-electron chi connectivity index (χ0n) is 9.51. The van der Waals surface area contributed by atoms with E-state index < -0.39 is 11.9 Å². The minimum atomic E-state index is -4.40. The van der Waals surface area contributed by atoms with Gasteiger partial charge in [-0.25, -0.2) is 9.97 Å². The van der Waals surface area contributed by atoms with Crippen LogP contribution in [-0.2, 0) is 6.18 Å². The maximum Gasteiger partial charge on any atom is 0.433 e. The zero-order chi connectivity index (χ0) is 12.5. The van der Waals surface area contributed by atoms with Crippen LogP contribution in [0.15, 0.2) is 6.07 Å². The number of aryl methyl sites for hydroxylation is 1. The van der Waals surface area contributed by atoms with Gasteiger partial charge in [0.1, 0.15) is 11.5 Å². The molecule has 0 aromatic carbocycles. The number of rotatable bonds is 1. The molecule has 94 valence electrons. The van der Waals surface area contributed by atoms with Gasteiger partial charge < -0.3 is 5.32 Å². The van der Waals surface area contributed by atoms with Gasteiger partial charge in [0.15, 0.2) is 0 Å². The lowest BCUT2D eigenvalue weighted by Gasteiger charge is -2.22. The summed E-state index contributed by atoms with van der Waals surface area (Å²) < 4.78 is 37.8. The Morgan fingerprint density at radius 3 is 2.71 bits per heavy atom. The van der Waals surface area contributed by atoms with Crippen molar-refractivity contribution in [2.24, 2.45) is 0 Å². The van der Waals surface area contributed by atoms with Crippen LogP contribution in [0.1, 0.15) is 36.0 Å². The highest BCUT2D eigenvalue weighted by Crippen LogP contribution is 2.29. The van der Waals surface area contributed by atoms with E-state index in [0.29, 0.717) is 18.1 Å². The molecule has 0 unspecified atom stereocenters. The van der Waals surface area contributed by atoms with Gasteiger partial charge in [0.2, 0.25) is 0 Å². The van der Waals surface area contributed by atoms with Gasteiger partial charge in [-0.15, -0.1) is 0 Å². The third-order valence-electron chi connectivity index (χ3n) is 2.82. The fourth-order valence-electron chi connectivity index (χ4n) is 1.99. The molecule has 0 bridgehead atoms. The summed E-state index contributed by atoms with van der Waals surface area (Å²) >= 11 is 0. The van der Waals surface area contributed by atoms with Crippen molar-refractivity contribution < 1.29 is 13.2 Å². The van der Waals surface area contributed by atoms with Crippen LogP contribution in [0.3, 0.4) is 0 Å². The first-order chi connectivity index (χ1) is 7.97. The molecule has 0 saturated carbocycles. The zero-order valence-corrected chi connectivity index (χ0v) is 9.51. The Morgan fingerprint density at radius 2 is 2.12 bits per heavy atom. The van der Waals surface area contributed by atoms with Gasteiger partial charge in [0.05, 0.1) is 0 Å². The Balaban J connectivity index is 2.31. The largest absolute Gasteiger partial charge is 0.433 e. The summed E-state index contributed by atoms with van der Waals surface area (Å²) in [5, 5.41) is 3.15. The van der Waals surface area contributed by atoms with Crippen LogP contribution in [-0.4, -0.2) is 23.1 Å². The Labute approximate surface area is 97.5 Å². The molecule has 2 rings (SSSR count). The first kappa shape index (κ1) is 12.3. The molecular weight excluding hydrogens is 231 g/mol. The lowest BCUT2D eigenvalue weighted by atomic mass is 9.98. The van der Waals surface area contributed by atoms with Gasteiger partial charge in [0.25, 0.3) is 0 Å². The first-order valence-electron chi connectivity index (χ1n) is 5.60. The second-order valence-electron chi connectivity index (χ2n) is 4.29. The van der Waals surface area contributed by atoms with Crippen LogP contribution in [0, 0.1) is 6.92 Å². The highest BCUT2D eigenvalue weighted by Gasteiger charge is 2.34. The number of halogens is 3. The molecule has 17 heavy (non-hydrogen) atoms. The minimum Gasteiger partial charge on any atom is -0.316 e. The Kier molecular flexibility index (Phi) is 3.33. The molecule has 1 atom stereocenters. The number of nitrogens with zero attached hydrogens (tertiary/aromatic N) is 2. The summed E-state index contributed by atoms with van der Waals surface area (Å²) in [5.74, 6) is 0.300. The highest BCUT2D eigenvalue weighted by atomic mass is 19.4.